The molecule has 0 spiro atoms. The number of phenols is 1. The van der Waals surface area contributed by atoms with Crippen LogP contribution in [0.15, 0.2) is 109 Å². The molecule has 0 heterocycles. The van der Waals surface area contributed by atoms with Gasteiger partial charge >= 0.3 is 0 Å². The molecule has 38 heavy (non-hydrogen) atoms. The van der Waals surface area contributed by atoms with E-state index in [1.807, 2.05) is 12.1 Å². The Morgan fingerprint density at radius 1 is 0.658 bits per heavy atom. The van der Waals surface area contributed by atoms with Crippen LogP contribution in [0.2, 0.25) is 0 Å². The van der Waals surface area contributed by atoms with Gasteiger partial charge in [0.1, 0.15) is 16.3 Å². The van der Waals surface area contributed by atoms with E-state index in [9.17, 15) is 24.3 Å². The molecule has 0 radical (unpaired) electrons. The molecule has 4 rings (SSSR count). The molecule has 0 unspecified atom stereocenters. The largest absolute Gasteiger partial charge is 0.507 e. The number of carbonyl (C=O) groups excluding carboxylic acids is 4. The summed E-state index contributed by atoms with van der Waals surface area (Å²) in [5, 5.41) is 9.58. The van der Waals surface area contributed by atoms with Crippen molar-refractivity contribution < 1.29 is 29.0 Å². The number of carbonyl (C=O) groups is 4. The zero-order valence-corrected chi connectivity index (χ0v) is 22.1. The first kappa shape index (κ1) is 28.2. The fraction of sp³-hybridized carbons (Fsp3) is 0.0968. The number of benzene rings is 4. The van der Waals surface area contributed by atoms with Gasteiger partial charge in [-0.1, -0.05) is 88.7 Å². The van der Waals surface area contributed by atoms with E-state index in [-0.39, 0.29) is 35.1 Å². The highest BCUT2D eigenvalue weighted by molar-refractivity contribution is 9.10. The Balaban J connectivity index is 0.000000212. The van der Waals surface area contributed by atoms with E-state index in [0.717, 1.165) is 0 Å². The van der Waals surface area contributed by atoms with Crippen molar-refractivity contribution in [3.8, 4) is 11.5 Å². The number of hydrogen-bond donors (Lipinski definition) is 1. The number of alkyl halides is 1. The van der Waals surface area contributed by atoms with Gasteiger partial charge in [0, 0.05) is 16.7 Å². The third kappa shape index (κ3) is 7.57. The SMILES string of the molecule is COc1ccc(C(=O)CC(=O)c2ccccc2O)cc1.O=C(c1ccccc1)C(Br)C(=O)c1ccccc1. The van der Waals surface area contributed by atoms with E-state index in [1.54, 1.807) is 92.0 Å². The van der Waals surface area contributed by atoms with Gasteiger partial charge < -0.3 is 9.84 Å². The Hall–Kier alpha value is -4.36. The fourth-order valence-electron chi connectivity index (χ4n) is 3.45. The molecule has 0 saturated carbocycles. The molecule has 0 fully saturated rings. The molecule has 1 N–H and O–H groups in total. The minimum Gasteiger partial charge on any atom is -0.507 e. The third-order valence-corrected chi connectivity index (χ3v) is 6.35. The lowest BCUT2D eigenvalue weighted by molar-refractivity contribution is 0.0882. The van der Waals surface area contributed by atoms with Crippen LogP contribution in [0.25, 0.3) is 0 Å². The molecule has 0 amide bonds. The Kier molecular flexibility index (Phi) is 10.3. The Labute approximate surface area is 229 Å². The summed E-state index contributed by atoms with van der Waals surface area (Å²) < 4.78 is 5.00. The molecule has 6 nitrogen and oxygen atoms in total. The second-order valence-electron chi connectivity index (χ2n) is 8.09. The number of ketones is 4. The molecule has 4 aromatic rings. The van der Waals surface area contributed by atoms with E-state index < -0.39 is 10.6 Å². The molecule has 0 bridgehead atoms. The average Bonchev–Trinajstić information content (AvgIpc) is 2.97. The smallest absolute Gasteiger partial charge is 0.184 e. The first-order valence-electron chi connectivity index (χ1n) is 11.6. The summed E-state index contributed by atoms with van der Waals surface area (Å²) in [7, 11) is 1.54. The Bertz CT molecular complexity index is 1350. The van der Waals surface area contributed by atoms with Gasteiger partial charge in [-0.15, -0.1) is 0 Å². The zero-order valence-electron chi connectivity index (χ0n) is 20.5. The van der Waals surface area contributed by atoms with E-state index in [4.69, 9.17) is 4.74 Å². The molecule has 7 heteroatoms. The van der Waals surface area contributed by atoms with Crippen molar-refractivity contribution in [2.45, 2.75) is 11.2 Å². The lowest BCUT2D eigenvalue weighted by Gasteiger charge is -2.08. The molecule has 192 valence electrons. The van der Waals surface area contributed by atoms with Crippen LogP contribution in [0.1, 0.15) is 47.9 Å². The number of para-hydroxylation sites is 1. The third-order valence-electron chi connectivity index (χ3n) is 5.51. The number of rotatable bonds is 9. The average molecular weight is 573 g/mol. The summed E-state index contributed by atoms with van der Waals surface area (Å²) in [6.45, 7) is 0. The molecule has 4 aromatic carbocycles. The maximum atomic E-state index is 12.1. The van der Waals surface area contributed by atoms with E-state index in [2.05, 4.69) is 15.9 Å². The van der Waals surface area contributed by atoms with Crippen LogP contribution in [-0.4, -0.2) is 40.2 Å². The van der Waals surface area contributed by atoms with Crippen molar-refractivity contribution in [2.24, 2.45) is 0 Å². The van der Waals surface area contributed by atoms with Crippen molar-refractivity contribution in [1.82, 2.24) is 0 Å². The van der Waals surface area contributed by atoms with E-state index in [0.29, 0.717) is 22.4 Å². The van der Waals surface area contributed by atoms with Crippen molar-refractivity contribution in [3.63, 3.8) is 0 Å². The van der Waals surface area contributed by atoms with Gasteiger partial charge in [-0.25, -0.2) is 0 Å². The molecule has 0 aliphatic rings. The minimum absolute atomic E-state index is 0.111. The van der Waals surface area contributed by atoms with Crippen LogP contribution in [-0.2, 0) is 0 Å². The van der Waals surface area contributed by atoms with Crippen molar-refractivity contribution in [2.75, 3.05) is 7.11 Å². The molecule has 0 saturated heterocycles. The standard InChI is InChI=1S/C16H14O4.C15H11BrO2/c1-20-12-8-6-11(7-9-12)15(18)10-16(19)13-4-2-3-5-14(13)17;16-13(14(17)11-7-3-1-4-8-11)15(18)12-9-5-2-6-10-12/h2-9,17H,10H2,1H3;1-10,13H. The van der Waals surface area contributed by atoms with Gasteiger partial charge in [-0.2, -0.15) is 0 Å². The van der Waals surface area contributed by atoms with Gasteiger partial charge in [0.15, 0.2) is 23.1 Å². The molecule has 0 aliphatic heterocycles. The van der Waals surface area contributed by atoms with Crippen LogP contribution in [0.3, 0.4) is 0 Å². The highest BCUT2D eigenvalue weighted by atomic mass is 79.9. The Morgan fingerprint density at radius 2 is 1.13 bits per heavy atom. The van der Waals surface area contributed by atoms with Crippen molar-refractivity contribution in [3.05, 3.63) is 131 Å². The minimum atomic E-state index is -0.831. The second-order valence-corrected chi connectivity index (χ2v) is 9.01. The predicted molar refractivity (Wildman–Crippen MR) is 149 cm³/mol. The fourth-order valence-corrected chi connectivity index (χ4v) is 3.97. The highest BCUT2D eigenvalue weighted by Crippen LogP contribution is 2.20. The lowest BCUT2D eigenvalue weighted by Crippen LogP contribution is -2.24. The van der Waals surface area contributed by atoms with Crippen molar-refractivity contribution >= 4 is 39.1 Å². The quantitative estimate of drug-likeness (QED) is 0.142. The number of hydrogen-bond acceptors (Lipinski definition) is 6. The number of halogens is 1. The van der Waals surface area contributed by atoms with Crippen molar-refractivity contribution in [1.29, 1.82) is 0 Å². The van der Waals surface area contributed by atoms with E-state index in [1.165, 1.54) is 12.1 Å². The summed E-state index contributed by atoms with van der Waals surface area (Å²) in [6, 6.07) is 30.3. The Morgan fingerprint density at radius 3 is 1.61 bits per heavy atom. The number of phenolic OH excluding ortho intramolecular Hbond substituents is 1. The predicted octanol–water partition coefficient (Wildman–Crippen LogP) is 6.37. The van der Waals surface area contributed by atoms with Crippen LogP contribution in [0.5, 0.6) is 11.5 Å². The lowest BCUT2D eigenvalue weighted by atomic mass is 10.0. The molecular formula is C31H25BrO6. The summed E-state index contributed by atoms with van der Waals surface area (Å²) in [5.41, 5.74) is 1.66. The maximum absolute atomic E-state index is 12.1. The summed E-state index contributed by atoms with van der Waals surface area (Å²) in [5.74, 6) is -0.590. The summed E-state index contributed by atoms with van der Waals surface area (Å²) in [6.07, 6.45) is -0.274. The van der Waals surface area contributed by atoms with Crippen LogP contribution < -0.4 is 4.74 Å². The van der Waals surface area contributed by atoms with Crippen LogP contribution >= 0.6 is 15.9 Å². The van der Waals surface area contributed by atoms with Crippen LogP contribution in [0.4, 0.5) is 0 Å². The summed E-state index contributed by atoms with van der Waals surface area (Å²) in [4.78, 5) is 47.3. The highest BCUT2D eigenvalue weighted by Gasteiger charge is 2.25. The molecular weight excluding hydrogens is 548 g/mol. The topological polar surface area (TPSA) is 97.7 Å². The zero-order chi connectivity index (χ0) is 27.5. The number of methoxy groups -OCH3 is 1. The van der Waals surface area contributed by atoms with Crippen LogP contribution in [0, 0.1) is 0 Å². The summed E-state index contributed by atoms with van der Waals surface area (Å²) >= 11 is 3.18. The molecule has 0 atom stereocenters. The number of aromatic hydroxyl groups is 1. The number of Topliss-reactive ketones (excluding diaryl/α,β-unsaturated/α-hetero) is 4. The first-order chi connectivity index (χ1) is 18.3. The normalized spacial score (nSPS) is 10.2. The maximum Gasteiger partial charge on any atom is 0.184 e. The van der Waals surface area contributed by atoms with Gasteiger partial charge in [0.25, 0.3) is 0 Å². The molecule has 0 aliphatic carbocycles. The monoisotopic (exact) mass is 572 g/mol. The van der Waals surface area contributed by atoms with Gasteiger partial charge in [0.05, 0.1) is 19.1 Å². The van der Waals surface area contributed by atoms with Gasteiger partial charge in [-0.3, -0.25) is 19.2 Å². The van der Waals surface area contributed by atoms with Gasteiger partial charge in [0.2, 0.25) is 0 Å². The second kappa shape index (κ2) is 13.8. The van der Waals surface area contributed by atoms with E-state index >= 15 is 0 Å². The van der Waals surface area contributed by atoms with Gasteiger partial charge in [-0.05, 0) is 36.4 Å². The number of ether oxygens (including phenoxy) is 1. The molecule has 0 aromatic heterocycles. The first-order valence-corrected chi connectivity index (χ1v) is 12.5.